The van der Waals surface area contributed by atoms with Crippen molar-refractivity contribution in [1.82, 2.24) is 4.90 Å². The Kier molecular flexibility index (Phi) is 4.88. The van der Waals surface area contributed by atoms with E-state index in [9.17, 15) is 9.90 Å². The number of aryl methyl sites for hydroxylation is 1. The molecule has 138 valence electrons. The Morgan fingerprint density at radius 3 is 2.84 bits per heavy atom. The van der Waals surface area contributed by atoms with Gasteiger partial charge in [-0.05, 0) is 55.0 Å². The Hall–Kier alpha value is -0.950. The van der Waals surface area contributed by atoms with E-state index in [0.717, 1.165) is 30.6 Å². The SMILES string of the molecule is NCCO[C@H]1C[C@@H](O)C12CCN(C(=O)c1scc3c1CCCC3)CC2. The van der Waals surface area contributed by atoms with Crippen LogP contribution in [-0.4, -0.2) is 54.4 Å². The minimum absolute atomic E-state index is 0.0952. The van der Waals surface area contributed by atoms with Crippen LogP contribution < -0.4 is 5.73 Å². The maximum absolute atomic E-state index is 13.0. The molecule has 1 aromatic heterocycles. The summed E-state index contributed by atoms with van der Waals surface area (Å²) >= 11 is 1.62. The van der Waals surface area contributed by atoms with Crippen molar-refractivity contribution in [3.63, 3.8) is 0 Å². The summed E-state index contributed by atoms with van der Waals surface area (Å²) in [6.45, 7) is 2.48. The number of nitrogens with two attached hydrogens (primary N) is 1. The van der Waals surface area contributed by atoms with Gasteiger partial charge in [-0.1, -0.05) is 0 Å². The number of hydrogen-bond acceptors (Lipinski definition) is 5. The van der Waals surface area contributed by atoms with Crippen LogP contribution in [-0.2, 0) is 17.6 Å². The second kappa shape index (κ2) is 6.99. The van der Waals surface area contributed by atoms with E-state index in [1.807, 2.05) is 4.90 Å². The number of fused-ring (bicyclic) bond motifs is 1. The van der Waals surface area contributed by atoms with Gasteiger partial charge in [0.1, 0.15) is 0 Å². The summed E-state index contributed by atoms with van der Waals surface area (Å²) in [6, 6.07) is 0. The van der Waals surface area contributed by atoms with Crippen LogP contribution in [0.1, 0.15) is 52.9 Å². The number of hydrogen-bond donors (Lipinski definition) is 2. The number of ether oxygens (including phenoxy) is 1. The van der Waals surface area contributed by atoms with Gasteiger partial charge in [0.15, 0.2) is 0 Å². The van der Waals surface area contributed by atoms with E-state index in [0.29, 0.717) is 32.7 Å². The molecule has 1 saturated carbocycles. The van der Waals surface area contributed by atoms with E-state index >= 15 is 0 Å². The topological polar surface area (TPSA) is 75.8 Å². The predicted octanol–water partition coefficient (Wildman–Crippen LogP) is 1.96. The van der Waals surface area contributed by atoms with E-state index in [1.54, 1.807) is 11.3 Å². The van der Waals surface area contributed by atoms with E-state index in [-0.39, 0.29) is 23.5 Å². The number of amides is 1. The van der Waals surface area contributed by atoms with E-state index in [4.69, 9.17) is 10.5 Å². The predicted molar refractivity (Wildman–Crippen MR) is 97.9 cm³/mol. The Morgan fingerprint density at radius 1 is 1.36 bits per heavy atom. The molecule has 0 unspecified atom stereocenters. The first kappa shape index (κ1) is 17.5. The van der Waals surface area contributed by atoms with E-state index in [2.05, 4.69) is 5.38 Å². The zero-order chi connectivity index (χ0) is 17.4. The first-order valence-electron chi connectivity index (χ1n) is 9.54. The first-order chi connectivity index (χ1) is 12.2. The lowest BCUT2D eigenvalue weighted by Gasteiger charge is -2.56. The quantitative estimate of drug-likeness (QED) is 0.856. The molecule has 0 bridgehead atoms. The van der Waals surface area contributed by atoms with E-state index < -0.39 is 0 Å². The van der Waals surface area contributed by atoms with Crippen LogP contribution in [0.3, 0.4) is 0 Å². The lowest BCUT2D eigenvalue weighted by Crippen LogP contribution is -2.62. The van der Waals surface area contributed by atoms with Crippen molar-refractivity contribution in [3.05, 3.63) is 21.4 Å². The lowest BCUT2D eigenvalue weighted by atomic mass is 9.58. The van der Waals surface area contributed by atoms with Crippen LogP contribution in [0.25, 0.3) is 0 Å². The van der Waals surface area contributed by atoms with E-state index in [1.165, 1.54) is 24.0 Å². The van der Waals surface area contributed by atoms with Crippen molar-refractivity contribution in [1.29, 1.82) is 0 Å². The summed E-state index contributed by atoms with van der Waals surface area (Å²) < 4.78 is 5.85. The van der Waals surface area contributed by atoms with Gasteiger partial charge in [0.05, 0.1) is 23.7 Å². The number of carbonyl (C=O) groups excluding carboxylic acids is 1. The second-order valence-corrected chi connectivity index (χ2v) is 8.58. The van der Waals surface area contributed by atoms with Crippen LogP contribution in [0.15, 0.2) is 5.38 Å². The zero-order valence-electron chi connectivity index (χ0n) is 14.7. The van der Waals surface area contributed by atoms with Gasteiger partial charge in [-0.15, -0.1) is 11.3 Å². The van der Waals surface area contributed by atoms with Gasteiger partial charge >= 0.3 is 0 Å². The third kappa shape index (κ3) is 2.93. The fourth-order valence-electron chi connectivity index (χ4n) is 4.79. The molecule has 1 spiro atoms. The number of nitrogens with zero attached hydrogens (tertiary/aromatic N) is 1. The summed E-state index contributed by atoms with van der Waals surface area (Å²) in [5.74, 6) is 0.191. The Morgan fingerprint density at radius 2 is 2.12 bits per heavy atom. The number of likely N-dealkylation sites (tertiary alicyclic amines) is 1. The smallest absolute Gasteiger partial charge is 0.264 e. The van der Waals surface area contributed by atoms with Gasteiger partial charge in [0, 0.05) is 31.5 Å². The Labute approximate surface area is 153 Å². The van der Waals surface area contributed by atoms with Gasteiger partial charge in [-0.25, -0.2) is 0 Å². The van der Waals surface area contributed by atoms with Gasteiger partial charge in [0.25, 0.3) is 5.91 Å². The molecule has 1 aromatic rings. The fraction of sp³-hybridized carbons (Fsp3) is 0.737. The molecule has 1 amide bonds. The largest absolute Gasteiger partial charge is 0.392 e. The highest BCUT2D eigenvalue weighted by atomic mass is 32.1. The molecule has 2 atom stereocenters. The van der Waals surface area contributed by atoms with Crippen molar-refractivity contribution >= 4 is 17.2 Å². The van der Waals surface area contributed by atoms with Crippen molar-refractivity contribution < 1.29 is 14.6 Å². The molecule has 1 aliphatic heterocycles. The minimum Gasteiger partial charge on any atom is -0.392 e. The van der Waals surface area contributed by atoms with Crippen LogP contribution >= 0.6 is 11.3 Å². The minimum atomic E-state index is -0.304. The van der Waals surface area contributed by atoms with Gasteiger partial charge in [-0.2, -0.15) is 0 Å². The average molecular weight is 365 g/mol. The third-order valence-corrected chi connectivity index (χ3v) is 7.52. The first-order valence-corrected chi connectivity index (χ1v) is 10.4. The Bertz CT molecular complexity index is 637. The third-order valence-electron chi connectivity index (χ3n) is 6.46. The fourth-order valence-corrected chi connectivity index (χ4v) is 5.92. The molecular formula is C19H28N2O3S. The molecule has 2 aliphatic carbocycles. The molecule has 3 aliphatic rings. The Balaban J connectivity index is 1.42. The number of thiophene rings is 1. The molecule has 5 nitrogen and oxygen atoms in total. The molecular weight excluding hydrogens is 336 g/mol. The summed E-state index contributed by atoms with van der Waals surface area (Å²) in [7, 11) is 0. The molecule has 6 heteroatoms. The molecule has 4 rings (SSSR count). The van der Waals surface area contributed by atoms with Crippen molar-refractivity contribution in [3.8, 4) is 0 Å². The highest BCUT2D eigenvalue weighted by Gasteiger charge is 2.56. The summed E-state index contributed by atoms with van der Waals surface area (Å²) in [4.78, 5) is 15.9. The van der Waals surface area contributed by atoms with Gasteiger partial charge in [0.2, 0.25) is 0 Å². The average Bonchev–Trinajstić information content (AvgIpc) is 3.08. The standard InChI is InChI=1S/C19H28N2O3S/c20-7-10-24-16-11-15(22)19(16)5-8-21(9-6-19)18(23)17-14-4-2-1-3-13(14)12-25-17/h12,15-16,22H,1-11,20H2/t15-,16+/m1/s1. The number of aliphatic hydroxyl groups is 1. The van der Waals surface area contributed by atoms with Gasteiger partial charge in [-0.3, -0.25) is 4.79 Å². The molecule has 25 heavy (non-hydrogen) atoms. The molecule has 0 aromatic carbocycles. The summed E-state index contributed by atoms with van der Waals surface area (Å²) in [5.41, 5.74) is 8.06. The number of piperidine rings is 1. The second-order valence-electron chi connectivity index (χ2n) is 7.70. The van der Waals surface area contributed by atoms with Crippen LogP contribution in [0.4, 0.5) is 0 Å². The van der Waals surface area contributed by atoms with Crippen LogP contribution in [0.2, 0.25) is 0 Å². The lowest BCUT2D eigenvalue weighted by molar-refractivity contribution is -0.207. The molecule has 3 N–H and O–H groups in total. The number of carbonyl (C=O) groups is 1. The van der Waals surface area contributed by atoms with Crippen molar-refractivity contribution in [2.24, 2.45) is 11.1 Å². The van der Waals surface area contributed by atoms with Crippen molar-refractivity contribution in [2.75, 3.05) is 26.2 Å². The highest BCUT2D eigenvalue weighted by Crippen LogP contribution is 2.51. The molecule has 2 fully saturated rings. The molecule has 2 heterocycles. The number of aliphatic hydroxyl groups excluding tert-OH is 1. The van der Waals surface area contributed by atoms with Crippen LogP contribution in [0.5, 0.6) is 0 Å². The highest BCUT2D eigenvalue weighted by molar-refractivity contribution is 7.12. The maximum Gasteiger partial charge on any atom is 0.264 e. The summed E-state index contributed by atoms with van der Waals surface area (Å²) in [6.07, 6.45) is 6.74. The van der Waals surface area contributed by atoms with Crippen LogP contribution in [0, 0.1) is 5.41 Å². The zero-order valence-corrected chi connectivity index (χ0v) is 15.5. The monoisotopic (exact) mass is 364 g/mol. The van der Waals surface area contributed by atoms with Crippen molar-refractivity contribution in [2.45, 2.75) is 57.2 Å². The van der Waals surface area contributed by atoms with Gasteiger partial charge < -0.3 is 20.5 Å². The molecule has 1 saturated heterocycles. The molecule has 0 radical (unpaired) electrons. The summed E-state index contributed by atoms with van der Waals surface area (Å²) in [5, 5.41) is 12.5. The number of rotatable bonds is 4. The maximum atomic E-state index is 13.0. The normalized spacial score (nSPS) is 27.8.